The topological polar surface area (TPSA) is 17.1 Å². The first-order valence-electron chi connectivity index (χ1n) is 17.4. The Hall–Kier alpha value is -1.33. The summed E-state index contributed by atoms with van der Waals surface area (Å²) >= 11 is 0. The zero-order valence-corrected chi connectivity index (χ0v) is 27.6. The average molecular weight is 573 g/mol. The SMILES string of the molecule is CC(C)CCC[C@@H](C)[C@H]1CC[C@H]2[C@@H]3CC[C@H]4C[C@@H](P(=O)(c5ccccc5)c5ccccc5)CC[C@]4(C)[C@H]3CC[C@]12C. The van der Waals surface area contributed by atoms with Gasteiger partial charge in [0.05, 0.1) is 0 Å². The lowest BCUT2D eigenvalue weighted by Crippen LogP contribution is -2.54. The molecule has 0 unspecified atom stereocenters. The molecule has 4 aliphatic rings. The zero-order chi connectivity index (χ0) is 28.8. The van der Waals surface area contributed by atoms with E-state index in [9.17, 15) is 0 Å². The second kappa shape index (κ2) is 11.6. The first-order chi connectivity index (χ1) is 19.7. The Morgan fingerprint density at radius 1 is 0.732 bits per heavy atom. The van der Waals surface area contributed by atoms with Crippen molar-refractivity contribution in [1.29, 1.82) is 0 Å². The summed E-state index contributed by atoms with van der Waals surface area (Å²) in [7, 11) is -2.69. The van der Waals surface area contributed by atoms with Crippen LogP contribution in [-0.4, -0.2) is 5.66 Å². The van der Waals surface area contributed by atoms with Crippen LogP contribution in [0.2, 0.25) is 0 Å². The Kier molecular flexibility index (Phi) is 8.44. The predicted molar refractivity (Wildman–Crippen MR) is 177 cm³/mol. The van der Waals surface area contributed by atoms with Crippen molar-refractivity contribution in [3.63, 3.8) is 0 Å². The van der Waals surface area contributed by atoms with Crippen LogP contribution < -0.4 is 10.6 Å². The fraction of sp³-hybridized carbons (Fsp3) is 0.692. The molecular weight excluding hydrogens is 515 g/mol. The summed E-state index contributed by atoms with van der Waals surface area (Å²) < 4.78 is 15.2. The van der Waals surface area contributed by atoms with E-state index in [1.807, 2.05) is 0 Å². The van der Waals surface area contributed by atoms with Crippen LogP contribution in [0.25, 0.3) is 0 Å². The van der Waals surface area contributed by atoms with Crippen molar-refractivity contribution in [3.05, 3.63) is 60.7 Å². The van der Waals surface area contributed by atoms with Crippen molar-refractivity contribution >= 4 is 17.8 Å². The van der Waals surface area contributed by atoms with E-state index in [-0.39, 0.29) is 5.66 Å². The van der Waals surface area contributed by atoms with Crippen LogP contribution in [0, 0.1) is 52.3 Å². The van der Waals surface area contributed by atoms with Gasteiger partial charge in [-0.05, 0) is 110 Å². The summed E-state index contributed by atoms with van der Waals surface area (Å²) in [4.78, 5) is 0. The fourth-order valence-corrected chi connectivity index (χ4v) is 14.9. The molecule has 4 aliphatic carbocycles. The molecule has 0 spiro atoms. The molecule has 2 heteroatoms. The van der Waals surface area contributed by atoms with Gasteiger partial charge in [-0.1, -0.05) is 115 Å². The van der Waals surface area contributed by atoms with Gasteiger partial charge in [-0.25, -0.2) is 0 Å². The third kappa shape index (κ3) is 5.13. The molecule has 0 saturated heterocycles. The third-order valence-electron chi connectivity index (χ3n) is 13.6. The van der Waals surface area contributed by atoms with Crippen LogP contribution in [0.3, 0.4) is 0 Å². The molecule has 41 heavy (non-hydrogen) atoms. The van der Waals surface area contributed by atoms with Gasteiger partial charge in [-0.2, -0.15) is 0 Å². The molecule has 0 heterocycles. The van der Waals surface area contributed by atoms with E-state index in [0.717, 1.165) is 64.9 Å². The lowest BCUT2D eigenvalue weighted by molar-refractivity contribution is -0.113. The Morgan fingerprint density at radius 2 is 1.34 bits per heavy atom. The lowest BCUT2D eigenvalue weighted by atomic mass is 9.44. The van der Waals surface area contributed by atoms with E-state index in [4.69, 9.17) is 0 Å². The van der Waals surface area contributed by atoms with Crippen molar-refractivity contribution < 1.29 is 4.57 Å². The summed E-state index contributed by atoms with van der Waals surface area (Å²) in [5.74, 6) is 6.12. The van der Waals surface area contributed by atoms with Crippen molar-refractivity contribution in [1.82, 2.24) is 0 Å². The summed E-state index contributed by atoms with van der Waals surface area (Å²) in [6.07, 6.45) is 16.4. The van der Waals surface area contributed by atoms with Crippen LogP contribution in [0.4, 0.5) is 0 Å². The minimum absolute atomic E-state index is 0.276. The summed E-state index contributed by atoms with van der Waals surface area (Å²) in [6, 6.07) is 21.0. The van der Waals surface area contributed by atoms with Gasteiger partial charge in [-0.15, -0.1) is 0 Å². The van der Waals surface area contributed by atoms with E-state index < -0.39 is 7.14 Å². The van der Waals surface area contributed by atoms with E-state index >= 15 is 4.57 Å². The molecule has 0 aromatic heterocycles. The molecule has 0 N–H and O–H groups in total. The molecule has 0 amide bonds. The maximum Gasteiger partial charge on any atom is 0.146 e. The Bertz CT molecular complexity index is 1160. The van der Waals surface area contributed by atoms with Crippen LogP contribution in [0.5, 0.6) is 0 Å². The largest absolute Gasteiger partial charge is 0.313 e. The van der Waals surface area contributed by atoms with Gasteiger partial charge in [0, 0.05) is 16.3 Å². The number of fused-ring (bicyclic) bond motifs is 5. The fourth-order valence-electron chi connectivity index (χ4n) is 11.5. The van der Waals surface area contributed by atoms with Crippen LogP contribution >= 0.6 is 7.14 Å². The molecule has 0 aliphatic heterocycles. The van der Waals surface area contributed by atoms with Crippen molar-refractivity contribution in [2.75, 3.05) is 0 Å². The van der Waals surface area contributed by atoms with Gasteiger partial charge < -0.3 is 4.57 Å². The highest BCUT2D eigenvalue weighted by Gasteiger charge is 2.61. The van der Waals surface area contributed by atoms with E-state index in [1.165, 1.54) is 64.2 Å². The van der Waals surface area contributed by atoms with E-state index in [2.05, 4.69) is 95.3 Å². The summed E-state index contributed by atoms with van der Waals surface area (Å²) in [5, 5.41) is 2.14. The van der Waals surface area contributed by atoms with E-state index in [0.29, 0.717) is 10.8 Å². The molecule has 2 aromatic carbocycles. The highest BCUT2D eigenvalue weighted by molar-refractivity contribution is 7.79. The molecule has 9 atom stereocenters. The van der Waals surface area contributed by atoms with Gasteiger partial charge in [-0.3, -0.25) is 0 Å². The highest BCUT2D eigenvalue weighted by Crippen LogP contribution is 2.70. The van der Waals surface area contributed by atoms with Crippen molar-refractivity contribution in [2.45, 2.75) is 117 Å². The van der Waals surface area contributed by atoms with Crippen molar-refractivity contribution in [3.8, 4) is 0 Å². The molecule has 0 bridgehead atoms. The second-order valence-electron chi connectivity index (χ2n) is 15.9. The Balaban J connectivity index is 1.20. The first kappa shape index (κ1) is 29.7. The molecule has 224 valence electrons. The number of rotatable bonds is 8. The number of benzene rings is 2. The van der Waals surface area contributed by atoms with Crippen molar-refractivity contribution in [2.24, 2.45) is 52.3 Å². The van der Waals surface area contributed by atoms with Crippen LogP contribution in [0.1, 0.15) is 112 Å². The van der Waals surface area contributed by atoms with Gasteiger partial charge in [0.1, 0.15) is 7.14 Å². The molecule has 4 fully saturated rings. The molecule has 4 saturated carbocycles. The minimum Gasteiger partial charge on any atom is -0.313 e. The summed E-state index contributed by atoms with van der Waals surface area (Å²) in [5.41, 5.74) is 1.27. The molecular formula is C39H57OP. The number of hydrogen-bond donors (Lipinski definition) is 0. The quantitative estimate of drug-likeness (QED) is 0.288. The molecule has 2 aromatic rings. The van der Waals surface area contributed by atoms with Gasteiger partial charge in [0.2, 0.25) is 0 Å². The third-order valence-corrected chi connectivity index (χ3v) is 17.3. The molecule has 0 radical (unpaired) electrons. The van der Waals surface area contributed by atoms with Gasteiger partial charge in [0.15, 0.2) is 0 Å². The van der Waals surface area contributed by atoms with Gasteiger partial charge in [0.25, 0.3) is 0 Å². The highest BCUT2D eigenvalue weighted by atomic mass is 31.2. The maximum atomic E-state index is 15.2. The Morgan fingerprint density at radius 3 is 1.98 bits per heavy atom. The minimum atomic E-state index is -2.69. The number of hydrogen-bond acceptors (Lipinski definition) is 1. The van der Waals surface area contributed by atoms with Gasteiger partial charge >= 0.3 is 0 Å². The first-order valence-corrected chi connectivity index (χ1v) is 19.2. The zero-order valence-electron chi connectivity index (χ0n) is 26.7. The smallest absolute Gasteiger partial charge is 0.146 e. The summed E-state index contributed by atoms with van der Waals surface area (Å²) in [6.45, 7) is 12.8. The lowest BCUT2D eigenvalue weighted by Gasteiger charge is -2.61. The van der Waals surface area contributed by atoms with Crippen LogP contribution in [-0.2, 0) is 4.57 Å². The standard InChI is InChI=1S/C39H57OP/c1-28(2)13-12-14-29(3)35-21-22-36-34-20-19-30-27-33(23-25-38(30,4)37(34)24-26-39(35,36)5)41(40,31-15-8-6-9-16-31)32-17-10-7-11-18-32/h6-11,15-18,28-30,33-37H,12-14,19-27H2,1-5H3/t29-,30+,33+,34+,35-,36+,37+,38+,39-/m1/s1. The maximum absolute atomic E-state index is 15.2. The average Bonchev–Trinajstić information content (AvgIpc) is 3.34. The van der Waals surface area contributed by atoms with E-state index in [1.54, 1.807) is 0 Å². The van der Waals surface area contributed by atoms with Crippen LogP contribution in [0.15, 0.2) is 60.7 Å². The monoisotopic (exact) mass is 572 g/mol. The molecule has 1 nitrogen and oxygen atoms in total. The normalized spacial score (nSPS) is 37.7. The second-order valence-corrected chi connectivity index (χ2v) is 19.0. The predicted octanol–water partition coefficient (Wildman–Crippen LogP) is 10.5. The Labute approximate surface area is 252 Å². The molecule has 6 rings (SSSR count).